The van der Waals surface area contributed by atoms with Crippen LogP contribution in [0, 0.1) is 0 Å². The van der Waals surface area contributed by atoms with Gasteiger partial charge in [0, 0.05) is 24.2 Å². The van der Waals surface area contributed by atoms with Gasteiger partial charge < -0.3 is 5.73 Å². The summed E-state index contributed by atoms with van der Waals surface area (Å²) in [5, 5.41) is 0. The van der Waals surface area contributed by atoms with Gasteiger partial charge in [0.25, 0.3) is 0 Å². The quantitative estimate of drug-likeness (QED) is 0.676. The van der Waals surface area contributed by atoms with Crippen LogP contribution in [0.1, 0.15) is 33.6 Å². The average Bonchev–Trinajstić information content (AvgIpc) is 2.04. The van der Waals surface area contributed by atoms with E-state index in [1.54, 1.807) is 0 Å². The molecule has 0 radical (unpaired) electrons. The summed E-state index contributed by atoms with van der Waals surface area (Å²) >= 11 is 0. The molecule has 1 saturated heterocycles. The van der Waals surface area contributed by atoms with Crippen molar-refractivity contribution in [3.8, 4) is 0 Å². The lowest BCUT2D eigenvalue weighted by Gasteiger charge is -2.44. The van der Waals surface area contributed by atoms with Crippen molar-refractivity contribution in [2.75, 3.05) is 19.8 Å². The van der Waals surface area contributed by atoms with Gasteiger partial charge in [-0.05, 0) is 33.6 Å². The van der Waals surface area contributed by atoms with E-state index >= 15 is 0 Å². The molecule has 0 aromatic heterocycles. The van der Waals surface area contributed by atoms with Crippen LogP contribution in [0.15, 0.2) is 0 Å². The van der Waals surface area contributed by atoms with Crippen molar-refractivity contribution in [3.63, 3.8) is 0 Å². The summed E-state index contributed by atoms with van der Waals surface area (Å²) in [5.41, 5.74) is 5.51. The lowest BCUT2D eigenvalue weighted by atomic mass is 9.88. The molecule has 1 rings (SSSR count). The normalized spacial score (nSPS) is 24.7. The molecule has 0 saturated carbocycles. The van der Waals surface area contributed by atoms with Gasteiger partial charge >= 0.3 is 0 Å². The van der Waals surface area contributed by atoms with E-state index in [1.807, 2.05) is 0 Å². The molecule has 0 bridgehead atoms. The Morgan fingerprint density at radius 1 is 1.31 bits per heavy atom. The zero-order chi connectivity index (χ0) is 10.1. The number of rotatable bonds is 1. The maximum absolute atomic E-state index is 12.5. The Morgan fingerprint density at radius 3 is 2.08 bits per heavy atom. The van der Waals surface area contributed by atoms with Crippen LogP contribution in [0.25, 0.3) is 0 Å². The zero-order valence-corrected chi connectivity index (χ0v) is 8.94. The molecule has 13 heavy (non-hydrogen) atoms. The predicted octanol–water partition coefficient (Wildman–Crippen LogP) is 1.55. The SMILES string of the molecule is CC(C)(C)N1CCC(N)(CF)CC1. The largest absolute Gasteiger partial charge is 0.323 e. The van der Waals surface area contributed by atoms with Crippen LogP contribution in [-0.2, 0) is 0 Å². The number of nitrogens with zero attached hydrogens (tertiary/aromatic N) is 1. The number of nitrogens with two attached hydrogens (primary N) is 1. The van der Waals surface area contributed by atoms with Crippen molar-refractivity contribution in [1.29, 1.82) is 0 Å². The molecule has 0 spiro atoms. The minimum absolute atomic E-state index is 0.192. The highest BCUT2D eigenvalue weighted by atomic mass is 19.1. The van der Waals surface area contributed by atoms with Gasteiger partial charge in [-0.25, -0.2) is 4.39 Å². The number of hydrogen-bond acceptors (Lipinski definition) is 2. The first-order valence-electron chi connectivity index (χ1n) is 4.97. The number of likely N-dealkylation sites (tertiary alicyclic amines) is 1. The van der Waals surface area contributed by atoms with Crippen LogP contribution >= 0.6 is 0 Å². The monoisotopic (exact) mass is 188 g/mol. The molecule has 78 valence electrons. The summed E-state index contributed by atoms with van der Waals surface area (Å²) in [5.74, 6) is 0. The van der Waals surface area contributed by atoms with Crippen molar-refractivity contribution in [2.24, 2.45) is 5.73 Å². The molecule has 2 N–H and O–H groups in total. The molecule has 0 aliphatic carbocycles. The molecular formula is C10H21FN2. The third kappa shape index (κ3) is 2.64. The van der Waals surface area contributed by atoms with E-state index in [-0.39, 0.29) is 12.2 Å². The Bertz CT molecular complexity index is 166. The van der Waals surface area contributed by atoms with Gasteiger partial charge in [0.1, 0.15) is 6.67 Å². The highest BCUT2D eigenvalue weighted by Crippen LogP contribution is 2.25. The average molecular weight is 188 g/mol. The van der Waals surface area contributed by atoms with Crippen LogP contribution < -0.4 is 5.73 Å². The topological polar surface area (TPSA) is 29.3 Å². The van der Waals surface area contributed by atoms with Crippen LogP contribution in [0.2, 0.25) is 0 Å². The lowest BCUT2D eigenvalue weighted by molar-refractivity contribution is 0.0677. The van der Waals surface area contributed by atoms with Crippen LogP contribution in [0.5, 0.6) is 0 Å². The molecule has 2 nitrogen and oxygen atoms in total. The minimum Gasteiger partial charge on any atom is -0.323 e. The highest BCUT2D eigenvalue weighted by molar-refractivity contribution is 4.92. The summed E-state index contributed by atoms with van der Waals surface area (Å²) in [7, 11) is 0. The molecule has 1 heterocycles. The van der Waals surface area contributed by atoms with Gasteiger partial charge in [-0.2, -0.15) is 0 Å². The Balaban J connectivity index is 2.48. The van der Waals surface area contributed by atoms with E-state index in [4.69, 9.17) is 5.73 Å². The van der Waals surface area contributed by atoms with E-state index < -0.39 is 5.54 Å². The van der Waals surface area contributed by atoms with Crippen molar-refractivity contribution in [2.45, 2.75) is 44.7 Å². The molecule has 0 amide bonds. The Labute approximate surface area is 80.3 Å². The summed E-state index contributed by atoms with van der Waals surface area (Å²) < 4.78 is 12.5. The zero-order valence-electron chi connectivity index (χ0n) is 8.94. The van der Waals surface area contributed by atoms with Crippen LogP contribution in [0.3, 0.4) is 0 Å². The summed E-state index contributed by atoms with van der Waals surface area (Å²) in [6, 6.07) is 0. The maximum Gasteiger partial charge on any atom is 0.107 e. The number of piperidine rings is 1. The first-order valence-corrected chi connectivity index (χ1v) is 4.97. The fraction of sp³-hybridized carbons (Fsp3) is 1.00. The van der Waals surface area contributed by atoms with E-state index in [0.717, 1.165) is 25.9 Å². The molecule has 0 aromatic rings. The third-order valence-corrected chi connectivity index (χ3v) is 2.97. The van der Waals surface area contributed by atoms with Gasteiger partial charge in [0.15, 0.2) is 0 Å². The molecule has 1 aliphatic heterocycles. The van der Waals surface area contributed by atoms with Gasteiger partial charge in [-0.1, -0.05) is 0 Å². The standard InChI is InChI=1S/C10H21FN2/c1-9(2,3)13-6-4-10(12,8-11)5-7-13/h4-8,12H2,1-3H3. The lowest BCUT2D eigenvalue weighted by Crippen LogP contribution is -2.56. The Hall–Kier alpha value is -0.150. The van der Waals surface area contributed by atoms with Gasteiger partial charge in [0.2, 0.25) is 0 Å². The number of alkyl halides is 1. The first kappa shape index (κ1) is 10.9. The van der Waals surface area contributed by atoms with Crippen molar-refractivity contribution in [1.82, 2.24) is 4.90 Å². The van der Waals surface area contributed by atoms with Crippen LogP contribution in [0.4, 0.5) is 4.39 Å². The van der Waals surface area contributed by atoms with Crippen LogP contribution in [-0.4, -0.2) is 35.7 Å². The second kappa shape index (κ2) is 3.54. The second-order valence-corrected chi connectivity index (χ2v) is 5.15. The fourth-order valence-electron chi connectivity index (χ4n) is 1.76. The van der Waals surface area contributed by atoms with Gasteiger partial charge in [-0.3, -0.25) is 4.90 Å². The number of halogens is 1. The van der Waals surface area contributed by atoms with E-state index in [0.29, 0.717) is 0 Å². The van der Waals surface area contributed by atoms with Gasteiger partial charge in [-0.15, -0.1) is 0 Å². The third-order valence-electron chi connectivity index (χ3n) is 2.97. The fourth-order valence-corrected chi connectivity index (χ4v) is 1.76. The molecule has 0 unspecified atom stereocenters. The van der Waals surface area contributed by atoms with E-state index in [9.17, 15) is 4.39 Å². The van der Waals surface area contributed by atoms with Gasteiger partial charge in [0.05, 0.1) is 0 Å². The van der Waals surface area contributed by atoms with Crippen molar-refractivity contribution >= 4 is 0 Å². The molecule has 1 fully saturated rings. The molecule has 1 aliphatic rings. The van der Waals surface area contributed by atoms with E-state index in [1.165, 1.54) is 0 Å². The first-order chi connectivity index (χ1) is 5.87. The summed E-state index contributed by atoms with van der Waals surface area (Å²) in [6.07, 6.45) is 1.56. The number of hydrogen-bond donors (Lipinski definition) is 1. The second-order valence-electron chi connectivity index (χ2n) is 5.15. The smallest absolute Gasteiger partial charge is 0.107 e. The minimum atomic E-state index is -0.540. The maximum atomic E-state index is 12.5. The molecule has 0 aromatic carbocycles. The summed E-state index contributed by atoms with van der Waals surface area (Å²) in [4.78, 5) is 2.37. The Morgan fingerprint density at radius 2 is 1.77 bits per heavy atom. The van der Waals surface area contributed by atoms with Crippen molar-refractivity contribution < 1.29 is 4.39 Å². The van der Waals surface area contributed by atoms with E-state index in [2.05, 4.69) is 25.7 Å². The molecular weight excluding hydrogens is 167 g/mol. The Kier molecular flexibility index (Phi) is 2.98. The summed E-state index contributed by atoms with van der Waals surface area (Å²) in [6.45, 7) is 8.02. The van der Waals surface area contributed by atoms with Crippen molar-refractivity contribution in [3.05, 3.63) is 0 Å². The molecule has 0 atom stereocenters. The molecule has 3 heteroatoms. The highest BCUT2D eigenvalue weighted by Gasteiger charge is 2.34. The predicted molar refractivity (Wildman–Crippen MR) is 53.5 cm³/mol.